The van der Waals surface area contributed by atoms with Crippen molar-refractivity contribution in [1.82, 2.24) is 24.6 Å². The van der Waals surface area contributed by atoms with Gasteiger partial charge in [0.15, 0.2) is 16.7 Å². The normalized spacial score (nSPS) is 15.8. The second-order valence-corrected chi connectivity index (χ2v) is 10.1. The molecule has 1 atom stereocenters. The predicted octanol–water partition coefficient (Wildman–Crippen LogP) is 4.67. The summed E-state index contributed by atoms with van der Waals surface area (Å²) in [5.41, 5.74) is 2.13. The summed E-state index contributed by atoms with van der Waals surface area (Å²) in [5, 5.41) is 9.54. The molecular weight excluding hydrogens is 490 g/mol. The van der Waals surface area contributed by atoms with Crippen molar-refractivity contribution >= 4 is 23.6 Å². The van der Waals surface area contributed by atoms with Crippen LogP contribution in [-0.4, -0.2) is 67.8 Å². The van der Waals surface area contributed by atoms with Gasteiger partial charge in [-0.05, 0) is 56.7 Å². The number of thioether (sulfide) groups is 1. The molecule has 1 aliphatic rings. The van der Waals surface area contributed by atoms with E-state index in [1.807, 2.05) is 47.6 Å². The Hall–Kier alpha value is -3.79. The average molecular weight is 520 g/mol. The molecule has 1 unspecified atom stereocenters. The van der Waals surface area contributed by atoms with Crippen molar-refractivity contribution in [2.75, 3.05) is 25.4 Å². The number of amides is 2. The van der Waals surface area contributed by atoms with Gasteiger partial charge in [-0.1, -0.05) is 29.5 Å². The van der Waals surface area contributed by atoms with Gasteiger partial charge in [0.05, 0.1) is 12.5 Å². The monoisotopic (exact) mass is 519 g/mol. The van der Waals surface area contributed by atoms with Gasteiger partial charge in [-0.15, -0.1) is 10.2 Å². The first kappa shape index (κ1) is 24.9. The van der Waals surface area contributed by atoms with Crippen molar-refractivity contribution < 1.29 is 18.4 Å². The van der Waals surface area contributed by atoms with Gasteiger partial charge in [0.2, 0.25) is 11.7 Å². The number of carbonyl (C=O) groups is 2. The van der Waals surface area contributed by atoms with Crippen molar-refractivity contribution in [3.8, 4) is 17.3 Å². The van der Waals surface area contributed by atoms with Gasteiger partial charge in [0.25, 0.3) is 5.91 Å². The average Bonchev–Trinajstić information content (AvgIpc) is 3.68. The molecule has 3 aromatic heterocycles. The van der Waals surface area contributed by atoms with Gasteiger partial charge in [-0.25, -0.2) is 0 Å². The molecule has 1 fully saturated rings. The number of furan rings is 2. The summed E-state index contributed by atoms with van der Waals surface area (Å²) in [4.78, 5) is 29.1. The molecule has 0 aliphatic carbocycles. The lowest BCUT2D eigenvalue weighted by molar-refractivity contribution is -0.133. The third kappa shape index (κ3) is 5.48. The summed E-state index contributed by atoms with van der Waals surface area (Å²) in [5.74, 6) is 2.32. The molecule has 1 aromatic carbocycles. The van der Waals surface area contributed by atoms with Gasteiger partial charge in [-0.3, -0.25) is 14.2 Å². The standard InChI is InChI=1S/C27H29N5O4S/c1-19-9-11-21(12-10-19)32-25(22-6-3-15-35-22)28-29-27(32)37-17-5-8-24(33)30-13-14-31(20(2)18-30)26(34)23-7-4-16-36-23/h3-4,6-7,9-12,15-16,20H,5,8,13-14,17-18H2,1-2H3. The Balaban J connectivity index is 1.17. The number of hydrogen-bond donors (Lipinski definition) is 0. The highest BCUT2D eigenvalue weighted by molar-refractivity contribution is 7.99. The van der Waals surface area contributed by atoms with Crippen molar-refractivity contribution in [2.45, 2.75) is 37.9 Å². The molecule has 9 nitrogen and oxygen atoms in total. The van der Waals surface area contributed by atoms with E-state index in [2.05, 4.69) is 22.3 Å². The molecule has 4 heterocycles. The van der Waals surface area contributed by atoms with Crippen LogP contribution in [0.1, 0.15) is 35.9 Å². The lowest BCUT2D eigenvalue weighted by atomic mass is 10.1. The van der Waals surface area contributed by atoms with Gasteiger partial charge in [0.1, 0.15) is 0 Å². The minimum atomic E-state index is -0.132. The van der Waals surface area contributed by atoms with Crippen LogP contribution in [-0.2, 0) is 4.79 Å². The Bertz CT molecular complexity index is 1330. The zero-order valence-corrected chi connectivity index (χ0v) is 21.7. The van der Waals surface area contributed by atoms with Crippen molar-refractivity contribution in [3.63, 3.8) is 0 Å². The van der Waals surface area contributed by atoms with Crippen LogP contribution >= 0.6 is 11.8 Å². The van der Waals surface area contributed by atoms with Crippen LogP contribution in [0.2, 0.25) is 0 Å². The topological polar surface area (TPSA) is 97.6 Å². The molecule has 4 aromatic rings. The molecular formula is C27H29N5O4S. The highest BCUT2D eigenvalue weighted by atomic mass is 32.2. The van der Waals surface area contributed by atoms with E-state index < -0.39 is 0 Å². The molecule has 0 N–H and O–H groups in total. The summed E-state index contributed by atoms with van der Waals surface area (Å²) in [7, 11) is 0. The molecule has 37 heavy (non-hydrogen) atoms. The predicted molar refractivity (Wildman–Crippen MR) is 140 cm³/mol. The Labute approximate surface area is 219 Å². The van der Waals surface area contributed by atoms with E-state index in [1.54, 1.807) is 35.1 Å². The number of hydrogen-bond acceptors (Lipinski definition) is 7. The number of aromatic nitrogens is 3. The number of rotatable bonds is 8. The fourth-order valence-electron chi connectivity index (χ4n) is 4.43. The molecule has 2 amide bonds. The van der Waals surface area contributed by atoms with Crippen molar-refractivity contribution in [1.29, 1.82) is 0 Å². The minimum Gasteiger partial charge on any atom is -0.461 e. The molecule has 0 bridgehead atoms. The number of nitrogens with zero attached hydrogens (tertiary/aromatic N) is 5. The van der Waals surface area contributed by atoms with E-state index in [0.29, 0.717) is 49.8 Å². The van der Waals surface area contributed by atoms with Crippen LogP contribution in [0.3, 0.4) is 0 Å². The van der Waals surface area contributed by atoms with E-state index >= 15 is 0 Å². The molecule has 10 heteroatoms. The number of carbonyl (C=O) groups excluding carboxylic acids is 2. The van der Waals surface area contributed by atoms with Crippen LogP contribution in [0.4, 0.5) is 0 Å². The smallest absolute Gasteiger partial charge is 0.289 e. The maximum atomic E-state index is 12.9. The van der Waals surface area contributed by atoms with E-state index in [-0.39, 0.29) is 17.9 Å². The number of piperazine rings is 1. The first-order valence-electron chi connectivity index (χ1n) is 12.3. The highest BCUT2D eigenvalue weighted by Gasteiger charge is 2.31. The summed E-state index contributed by atoms with van der Waals surface area (Å²) in [6.07, 6.45) is 4.27. The Morgan fingerprint density at radius 3 is 2.51 bits per heavy atom. The fraction of sp³-hybridized carbons (Fsp3) is 0.333. The van der Waals surface area contributed by atoms with E-state index in [1.165, 1.54) is 11.8 Å². The quantitative estimate of drug-likeness (QED) is 0.246. The maximum Gasteiger partial charge on any atom is 0.289 e. The molecule has 192 valence electrons. The molecule has 1 aliphatic heterocycles. The zero-order chi connectivity index (χ0) is 25.8. The molecule has 0 radical (unpaired) electrons. The van der Waals surface area contributed by atoms with Crippen LogP contribution in [0.5, 0.6) is 0 Å². The zero-order valence-electron chi connectivity index (χ0n) is 20.9. The lowest BCUT2D eigenvalue weighted by Gasteiger charge is -2.39. The van der Waals surface area contributed by atoms with Crippen LogP contribution in [0, 0.1) is 6.92 Å². The van der Waals surface area contributed by atoms with E-state index in [0.717, 1.165) is 16.6 Å². The SMILES string of the molecule is Cc1ccc(-n2c(SCCCC(=O)N3CCN(C(=O)c4ccco4)C(C)C3)nnc2-c2ccco2)cc1. The first-order valence-corrected chi connectivity index (χ1v) is 13.3. The fourth-order valence-corrected chi connectivity index (χ4v) is 5.32. The van der Waals surface area contributed by atoms with Crippen molar-refractivity contribution in [2.24, 2.45) is 0 Å². The lowest BCUT2D eigenvalue weighted by Crippen LogP contribution is -2.55. The third-order valence-corrected chi connectivity index (χ3v) is 7.42. The van der Waals surface area contributed by atoms with E-state index in [4.69, 9.17) is 8.83 Å². The first-order chi connectivity index (χ1) is 18.0. The molecule has 1 saturated heterocycles. The van der Waals surface area contributed by atoms with Crippen LogP contribution in [0.25, 0.3) is 17.3 Å². The van der Waals surface area contributed by atoms with Gasteiger partial charge < -0.3 is 18.6 Å². The highest BCUT2D eigenvalue weighted by Crippen LogP contribution is 2.29. The molecule has 0 saturated carbocycles. The van der Waals surface area contributed by atoms with Gasteiger partial charge in [-0.2, -0.15) is 0 Å². The number of benzene rings is 1. The molecule has 0 spiro atoms. The van der Waals surface area contributed by atoms with Gasteiger partial charge >= 0.3 is 0 Å². The number of aryl methyl sites for hydroxylation is 1. The second-order valence-electron chi connectivity index (χ2n) is 9.07. The largest absolute Gasteiger partial charge is 0.461 e. The maximum absolute atomic E-state index is 12.9. The second kappa shape index (κ2) is 11.1. The van der Waals surface area contributed by atoms with Crippen LogP contribution < -0.4 is 0 Å². The Morgan fingerprint density at radius 1 is 1.03 bits per heavy atom. The Morgan fingerprint density at radius 2 is 1.81 bits per heavy atom. The molecule has 5 rings (SSSR count). The van der Waals surface area contributed by atoms with Gasteiger partial charge in [0, 0.05) is 43.5 Å². The van der Waals surface area contributed by atoms with Crippen molar-refractivity contribution in [3.05, 3.63) is 72.4 Å². The summed E-state index contributed by atoms with van der Waals surface area (Å²) in [6, 6.07) is 15.2. The third-order valence-electron chi connectivity index (χ3n) is 6.41. The summed E-state index contributed by atoms with van der Waals surface area (Å²) in [6.45, 7) is 5.55. The Kier molecular flexibility index (Phi) is 7.45. The minimum absolute atomic E-state index is 0.0715. The summed E-state index contributed by atoms with van der Waals surface area (Å²) < 4.78 is 12.8. The summed E-state index contributed by atoms with van der Waals surface area (Å²) >= 11 is 1.57. The van der Waals surface area contributed by atoms with E-state index in [9.17, 15) is 9.59 Å². The van der Waals surface area contributed by atoms with Crippen LogP contribution in [0.15, 0.2) is 75.0 Å².